The quantitative estimate of drug-likeness (QED) is 0.546. The molecule has 1 aliphatic heterocycles. The fraction of sp³-hybridized carbons (Fsp3) is 0.417. The van der Waals surface area contributed by atoms with Gasteiger partial charge in [0.25, 0.3) is 0 Å². The van der Waals surface area contributed by atoms with Crippen molar-refractivity contribution in [3.63, 3.8) is 0 Å². The van der Waals surface area contributed by atoms with Crippen LogP contribution in [0.5, 0.6) is 11.5 Å². The molecule has 1 fully saturated rings. The minimum atomic E-state index is -1.90. The van der Waals surface area contributed by atoms with E-state index in [1.54, 1.807) is 12.1 Å². The van der Waals surface area contributed by atoms with Crippen LogP contribution < -0.4 is 4.74 Å². The van der Waals surface area contributed by atoms with Crippen LogP contribution in [0.15, 0.2) is 48.2 Å². The fourth-order valence-electron chi connectivity index (χ4n) is 4.58. The molecule has 170 valence electrons. The first-order valence-electron chi connectivity index (χ1n) is 11.2. The summed E-state index contributed by atoms with van der Waals surface area (Å²) in [6.07, 6.45) is 3.64. The van der Waals surface area contributed by atoms with Gasteiger partial charge < -0.3 is 24.5 Å². The number of alkyl halides is 1. The fourth-order valence-corrected chi connectivity index (χ4v) is 4.58. The van der Waals surface area contributed by atoms with Gasteiger partial charge in [-0.25, -0.2) is 0 Å². The van der Waals surface area contributed by atoms with E-state index in [9.17, 15) is 19.5 Å². The van der Waals surface area contributed by atoms with E-state index in [1.165, 1.54) is 0 Å². The van der Waals surface area contributed by atoms with Crippen LogP contribution in [0.4, 0.5) is 4.39 Å². The molecule has 4 rings (SSSR count). The van der Waals surface area contributed by atoms with Crippen molar-refractivity contribution in [1.82, 2.24) is 4.90 Å². The second kappa shape index (κ2) is 10.4. The highest BCUT2D eigenvalue weighted by atomic mass is 19.1. The molecular formula is C24H29BFNO5. The molecule has 1 saturated heterocycles. The molecule has 6 nitrogen and oxygen atoms in total. The highest BCUT2D eigenvalue weighted by molar-refractivity contribution is 6.33. The average molecular weight is 441 g/mol. The lowest BCUT2D eigenvalue weighted by Crippen LogP contribution is -2.26. The number of phenolic OH excluding ortho intramolecular Hbond substituents is 1. The third kappa shape index (κ3) is 5.44. The standard InChI is InChI=1S/C24H29BFNO5/c26-12-2-13-27-14-11-21(16-27)31-20-8-5-17(6-9-20)24-22-10-7-19(28)15-18(22)3-1-4-23(24)32-25(29)30/h5-10,15,21,28-30H,1-4,11-14,16H2/t21-/m0/s1. The van der Waals surface area contributed by atoms with E-state index in [1.807, 2.05) is 30.3 Å². The average Bonchev–Trinajstić information content (AvgIpc) is 3.14. The monoisotopic (exact) mass is 441 g/mol. The Balaban J connectivity index is 1.56. The number of hydrogen-bond donors (Lipinski definition) is 3. The molecule has 8 heteroatoms. The summed E-state index contributed by atoms with van der Waals surface area (Å²) in [5.41, 5.74) is 3.56. The molecule has 2 aromatic rings. The summed E-state index contributed by atoms with van der Waals surface area (Å²) in [5.74, 6) is 1.48. The third-order valence-electron chi connectivity index (χ3n) is 6.02. The Labute approximate surface area is 188 Å². The lowest BCUT2D eigenvalue weighted by Gasteiger charge is -2.18. The summed E-state index contributed by atoms with van der Waals surface area (Å²) >= 11 is 0. The van der Waals surface area contributed by atoms with Crippen molar-refractivity contribution in [2.24, 2.45) is 0 Å². The van der Waals surface area contributed by atoms with Crippen LogP contribution in [0.1, 0.15) is 42.4 Å². The number of benzene rings is 2. The first-order chi connectivity index (χ1) is 15.5. The van der Waals surface area contributed by atoms with Gasteiger partial charge in [-0.3, -0.25) is 9.29 Å². The van der Waals surface area contributed by atoms with Crippen LogP contribution in [0.2, 0.25) is 0 Å². The van der Waals surface area contributed by atoms with E-state index in [2.05, 4.69) is 4.90 Å². The highest BCUT2D eigenvalue weighted by Gasteiger charge is 2.25. The van der Waals surface area contributed by atoms with Crippen molar-refractivity contribution in [3.8, 4) is 11.5 Å². The van der Waals surface area contributed by atoms with Gasteiger partial charge in [0.15, 0.2) is 0 Å². The topological polar surface area (TPSA) is 82.4 Å². The Kier molecular flexibility index (Phi) is 7.35. The number of ether oxygens (including phenoxy) is 1. The number of hydrogen-bond acceptors (Lipinski definition) is 6. The maximum Gasteiger partial charge on any atom is 0.707 e. The number of halogens is 1. The number of aryl methyl sites for hydroxylation is 1. The normalized spacial score (nSPS) is 18.9. The van der Waals surface area contributed by atoms with Gasteiger partial charge in [-0.05, 0) is 66.6 Å². The van der Waals surface area contributed by atoms with Crippen molar-refractivity contribution >= 4 is 12.9 Å². The predicted octanol–water partition coefficient (Wildman–Crippen LogP) is 3.29. The molecule has 2 aliphatic rings. The molecule has 0 saturated carbocycles. The summed E-state index contributed by atoms with van der Waals surface area (Å²) in [6.45, 7) is 2.19. The zero-order valence-corrected chi connectivity index (χ0v) is 18.0. The molecular weight excluding hydrogens is 412 g/mol. The van der Waals surface area contributed by atoms with Crippen molar-refractivity contribution in [2.45, 2.75) is 38.2 Å². The van der Waals surface area contributed by atoms with Crippen LogP contribution in [0, 0.1) is 0 Å². The predicted molar refractivity (Wildman–Crippen MR) is 121 cm³/mol. The zero-order valence-electron chi connectivity index (χ0n) is 18.0. The van der Waals surface area contributed by atoms with Gasteiger partial charge >= 0.3 is 7.32 Å². The van der Waals surface area contributed by atoms with Crippen molar-refractivity contribution < 1.29 is 28.9 Å². The Morgan fingerprint density at radius 2 is 1.91 bits per heavy atom. The summed E-state index contributed by atoms with van der Waals surface area (Å²) < 4.78 is 23.9. The van der Waals surface area contributed by atoms with Crippen molar-refractivity contribution in [1.29, 1.82) is 0 Å². The van der Waals surface area contributed by atoms with E-state index in [0.29, 0.717) is 18.6 Å². The van der Waals surface area contributed by atoms with Crippen LogP contribution >= 0.6 is 0 Å². The number of phenols is 1. The van der Waals surface area contributed by atoms with E-state index in [4.69, 9.17) is 9.39 Å². The molecule has 1 aliphatic carbocycles. The Morgan fingerprint density at radius 3 is 2.66 bits per heavy atom. The van der Waals surface area contributed by atoms with E-state index >= 15 is 0 Å². The molecule has 1 atom stereocenters. The Bertz CT molecular complexity index is 950. The molecule has 0 bridgehead atoms. The van der Waals surface area contributed by atoms with Gasteiger partial charge in [0.2, 0.25) is 0 Å². The number of likely N-dealkylation sites (tertiary alicyclic amines) is 1. The molecule has 1 heterocycles. The molecule has 0 amide bonds. The maximum absolute atomic E-state index is 12.4. The lowest BCUT2D eigenvalue weighted by atomic mass is 9.93. The molecule has 0 radical (unpaired) electrons. The number of fused-ring (bicyclic) bond motifs is 1. The molecule has 32 heavy (non-hydrogen) atoms. The molecule has 0 spiro atoms. The van der Waals surface area contributed by atoms with Crippen LogP contribution in [0.3, 0.4) is 0 Å². The van der Waals surface area contributed by atoms with Gasteiger partial charge in [-0.1, -0.05) is 18.2 Å². The summed E-state index contributed by atoms with van der Waals surface area (Å²) in [7, 11) is -1.90. The molecule has 0 unspecified atom stereocenters. The molecule has 3 N–H and O–H groups in total. The molecule has 2 aromatic carbocycles. The largest absolute Gasteiger partial charge is 0.707 e. The first kappa shape index (κ1) is 22.6. The number of aromatic hydroxyl groups is 1. The summed E-state index contributed by atoms with van der Waals surface area (Å²) in [5, 5.41) is 28.8. The third-order valence-corrected chi connectivity index (χ3v) is 6.02. The SMILES string of the molecule is OB(O)OC1=C(c2ccc(O[C@H]3CCN(CCCF)C3)cc2)c2ccc(O)cc2CCC1. The first-order valence-corrected chi connectivity index (χ1v) is 11.2. The second-order valence-corrected chi connectivity index (χ2v) is 8.33. The Hall–Kier alpha value is -2.55. The van der Waals surface area contributed by atoms with E-state index in [0.717, 1.165) is 66.9 Å². The minimum absolute atomic E-state index is 0.0877. The van der Waals surface area contributed by atoms with Crippen LogP contribution in [-0.4, -0.2) is 59.8 Å². The number of rotatable bonds is 8. The number of nitrogens with zero attached hydrogens (tertiary/aromatic N) is 1. The van der Waals surface area contributed by atoms with Gasteiger partial charge in [0.1, 0.15) is 17.6 Å². The number of allylic oxidation sites excluding steroid dienone is 1. The van der Waals surface area contributed by atoms with Crippen LogP contribution in [-0.2, 0) is 11.1 Å². The van der Waals surface area contributed by atoms with Gasteiger partial charge in [0.05, 0.1) is 12.4 Å². The van der Waals surface area contributed by atoms with Gasteiger partial charge in [0, 0.05) is 31.6 Å². The summed E-state index contributed by atoms with van der Waals surface area (Å²) in [6, 6.07) is 12.9. The van der Waals surface area contributed by atoms with Gasteiger partial charge in [-0.15, -0.1) is 0 Å². The lowest BCUT2D eigenvalue weighted by molar-refractivity contribution is 0.198. The Morgan fingerprint density at radius 1 is 1.09 bits per heavy atom. The summed E-state index contributed by atoms with van der Waals surface area (Å²) in [4.78, 5) is 2.23. The van der Waals surface area contributed by atoms with Crippen molar-refractivity contribution in [3.05, 3.63) is 64.9 Å². The second-order valence-electron chi connectivity index (χ2n) is 8.33. The van der Waals surface area contributed by atoms with E-state index < -0.39 is 7.32 Å². The van der Waals surface area contributed by atoms with Gasteiger partial charge in [-0.2, -0.15) is 0 Å². The van der Waals surface area contributed by atoms with Crippen LogP contribution in [0.25, 0.3) is 5.57 Å². The maximum atomic E-state index is 12.4. The zero-order chi connectivity index (χ0) is 22.5. The highest BCUT2D eigenvalue weighted by Crippen LogP contribution is 2.37. The van der Waals surface area contributed by atoms with E-state index in [-0.39, 0.29) is 18.5 Å². The van der Waals surface area contributed by atoms with Crippen molar-refractivity contribution in [2.75, 3.05) is 26.3 Å². The minimum Gasteiger partial charge on any atom is -0.515 e. The smallest absolute Gasteiger partial charge is 0.515 e. The molecule has 0 aromatic heterocycles.